The molecule has 6 aromatic carbocycles. The second-order valence-electron chi connectivity index (χ2n) is 20.3. The van der Waals surface area contributed by atoms with Crippen LogP contribution in [0.15, 0.2) is 159 Å². The van der Waals surface area contributed by atoms with Crippen LogP contribution in [0.4, 0.5) is 35.1 Å². The normalized spacial score (nSPS) is 20.7. The lowest BCUT2D eigenvalue weighted by Crippen LogP contribution is -2.40. The van der Waals surface area contributed by atoms with Gasteiger partial charge in [-0.25, -0.2) is 8.78 Å². The van der Waals surface area contributed by atoms with Crippen LogP contribution >= 0.6 is 23.5 Å². The van der Waals surface area contributed by atoms with Crippen LogP contribution in [0.25, 0.3) is 22.3 Å². The highest BCUT2D eigenvalue weighted by Crippen LogP contribution is 2.36. The molecule has 0 fully saturated rings. The number of fused-ring (bicyclic) bond motifs is 2. The molecule has 0 spiro atoms. The maximum atomic E-state index is 15.2. The minimum atomic E-state index is -5.26. The summed E-state index contributed by atoms with van der Waals surface area (Å²) in [4.78, 5) is 66.7. The summed E-state index contributed by atoms with van der Waals surface area (Å²) < 4.78 is 395. The number of benzene rings is 6. The predicted molar refractivity (Wildman–Crippen MR) is 358 cm³/mol. The first-order valence-electron chi connectivity index (χ1n) is 45.1. The summed E-state index contributed by atoms with van der Waals surface area (Å²) in [6.07, 6.45) is -20.6. The van der Waals surface area contributed by atoms with Gasteiger partial charge in [-0.15, -0.1) is 0 Å². The number of rotatable bonds is 26. The van der Waals surface area contributed by atoms with E-state index in [-0.39, 0.29) is 45.7 Å². The first kappa shape index (κ1) is 39.3. The van der Waals surface area contributed by atoms with Crippen LogP contribution in [-0.2, 0) is 85.0 Å². The largest absolute Gasteiger partial charge is 0.416 e. The molecule has 10 rings (SSSR count). The van der Waals surface area contributed by atoms with E-state index >= 15 is 4.79 Å². The van der Waals surface area contributed by atoms with Crippen LogP contribution in [-0.4, -0.2) is 103 Å². The third-order valence-corrected chi connectivity index (χ3v) is 15.7. The van der Waals surface area contributed by atoms with E-state index < -0.39 is 288 Å². The Balaban J connectivity index is 0.000000300. The Labute approximate surface area is 603 Å². The van der Waals surface area contributed by atoms with Gasteiger partial charge in [0.1, 0.15) is 24.6 Å². The number of alkyl halides is 6. The molecule has 2 aliphatic rings. The van der Waals surface area contributed by atoms with Crippen molar-refractivity contribution in [2.75, 3.05) is 52.2 Å². The van der Waals surface area contributed by atoms with Gasteiger partial charge in [0, 0.05) is 95.1 Å². The van der Waals surface area contributed by atoms with Gasteiger partial charge < -0.3 is 28.7 Å². The molecular formula is C73H78F8N8O4S2. The van der Waals surface area contributed by atoms with Crippen LogP contribution in [0.3, 0.4) is 0 Å². The number of carbonyl (C=O) groups excluding carboxylic acids is 2. The monoisotopic (exact) mass is 1380 g/mol. The molecule has 2 amide bonds. The molecule has 2 aromatic heterocycles. The zero-order valence-electron chi connectivity index (χ0n) is 83.8. The third kappa shape index (κ3) is 19.0. The Morgan fingerprint density at radius 3 is 1.72 bits per heavy atom. The molecule has 0 bridgehead atoms. The average Bonchev–Trinajstić information content (AvgIpc) is 1.51. The van der Waals surface area contributed by atoms with Gasteiger partial charge in [0.15, 0.2) is 10.3 Å². The number of aromatic nitrogens is 4. The third-order valence-electron chi connectivity index (χ3n) is 14.1. The molecule has 2 heterocycles. The van der Waals surface area contributed by atoms with Crippen LogP contribution in [0.2, 0.25) is 0 Å². The highest BCUT2D eigenvalue weighted by molar-refractivity contribution is 7.98. The molecular weight excluding hydrogens is 1270 g/mol. The average molecular weight is 1380 g/mol. The predicted octanol–water partition coefficient (Wildman–Crippen LogP) is 14.7. The van der Waals surface area contributed by atoms with Gasteiger partial charge in [-0.1, -0.05) is 148 Å². The Kier molecular flexibility index (Phi) is 13.5. The van der Waals surface area contributed by atoms with Crippen molar-refractivity contribution < 1.29 is 89.9 Å². The van der Waals surface area contributed by atoms with Crippen molar-refractivity contribution in [3.8, 4) is 22.3 Å². The van der Waals surface area contributed by atoms with E-state index in [9.17, 15) is 55.0 Å². The molecule has 0 saturated carbocycles. The summed E-state index contributed by atoms with van der Waals surface area (Å²) >= 11 is -0.195. The number of hydrogen-bond acceptors (Lipinski definition) is 10. The van der Waals surface area contributed by atoms with Crippen LogP contribution in [0.1, 0.15) is 147 Å². The van der Waals surface area contributed by atoms with Gasteiger partial charge in [-0.3, -0.25) is 19.2 Å². The van der Waals surface area contributed by atoms with E-state index in [0.717, 1.165) is 54.5 Å². The van der Waals surface area contributed by atoms with Crippen molar-refractivity contribution >= 4 is 35.3 Å². The van der Waals surface area contributed by atoms with Gasteiger partial charge in [0.25, 0.3) is 11.1 Å². The molecule has 0 unspecified atom stereocenters. The molecule has 22 heteroatoms. The minimum Gasteiger partial charge on any atom is -0.336 e. The van der Waals surface area contributed by atoms with Crippen molar-refractivity contribution in [3.63, 3.8) is 0 Å². The van der Waals surface area contributed by atoms with E-state index in [1.165, 1.54) is 43.3 Å². The van der Waals surface area contributed by atoms with Gasteiger partial charge in [-0.2, -0.15) is 36.3 Å². The molecule has 0 aliphatic heterocycles. The van der Waals surface area contributed by atoms with E-state index in [2.05, 4.69) is 9.97 Å². The molecule has 0 saturated heterocycles. The zero-order valence-corrected chi connectivity index (χ0v) is 52.5. The van der Waals surface area contributed by atoms with E-state index in [1.807, 2.05) is 0 Å². The number of halogens is 8. The second-order valence-corrected chi connectivity index (χ2v) is 21.8. The van der Waals surface area contributed by atoms with Gasteiger partial charge >= 0.3 is 12.4 Å². The van der Waals surface area contributed by atoms with Crippen LogP contribution in [0, 0.1) is 18.6 Å². The summed E-state index contributed by atoms with van der Waals surface area (Å²) in [7, 11) is 0. The van der Waals surface area contributed by atoms with Crippen molar-refractivity contribution in [1.82, 2.24) is 38.7 Å². The molecule has 2 aliphatic carbocycles. The minimum absolute atomic E-state index is 0.0240. The summed E-state index contributed by atoms with van der Waals surface area (Å²) in [6, 6.07) is 0.744. The van der Waals surface area contributed by atoms with Crippen molar-refractivity contribution in [2.24, 2.45) is 0 Å². The van der Waals surface area contributed by atoms with Crippen LogP contribution < -0.4 is 11.1 Å². The summed E-state index contributed by atoms with van der Waals surface area (Å²) in [5.74, 6) is -5.89. The summed E-state index contributed by atoms with van der Waals surface area (Å²) in [5, 5.41) is -1.99. The molecule has 502 valence electrons. The van der Waals surface area contributed by atoms with Gasteiger partial charge in [-0.05, 0) is 164 Å². The highest BCUT2D eigenvalue weighted by atomic mass is 32.2. The Morgan fingerprint density at radius 2 is 1.12 bits per heavy atom. The van der Waals surface area contributed by atoms with E-state index in [1.54, 1.807) is 19.1 Å². The fraction of sp³-hybridized carbons (Fsp3) is 0.370. The SMILES string of the molecule is [2H]C([2H])(Sc1nc(=O)c2c(n1C([2H])([2H])C(=O)N(Cc1ccc(-c3ccc(C(F)(F)F)cc3)cc1)C([2H])([2H])CN(CC)C([2H])([2H])C)CCC2)c1ccc(F)cc1.[2H]c1c([2H])c(C([2H])([2H])Sc2nc(=O)c3c(n2C([2H])([2H])C(=O)N(CCN(C([2H])([2H])C)C([2H])([2H])C)Cc2c([2H])c([2H])c(-c4c([2H])c([2H])c(C(F)(F)F)c(C)c4[2H])c([2H])c2[2H])C([2H])([2H])C([2H])([2H])C3([2H])[2H])c([2H])c([2H])c1F. The van der Waals surface area contributed by atoms with Crippen molar-refractivity contribution in [1.29, 1.82) is 0 Å². The number of amides is 2. The second kappa shape index (κ2) is 32.7. The molecule has 12 nitrogen and oxygen atoms in total. The fourth-order valence-corrected chi connectivity index (χ4v) is 10.5. The quantitative estimate of drug-likeness (QED) is 0.0295. The lowest BCUT2D eigenvalue weighted by atomic mass is 9.98. The first-order chi connectivity index (χ1) is 58.1. The van der Waals surface area contributed by atoms with E-state index in [4.69, 9.17) is 39.8 Å². The van der Waals surface area contributed by atoms with E-state index in [0.29, 0.717) is 44.7 Å². The topological polar surface area (TPSA) is 117 Å². The van der Waals surface area contributed by atoms with Crippen molar-refractivity contribution in [2.45, 2.75) is 133 Å². The molecule has 0 atom stereocenters. The number of thioether (sulfide) groups is 2. The van der Waals surface area contributed by atoms with Crippen molar-refractivity contribution in [3.05, 3.63) is 233 Å². The number of hydrogen-bond donors (Lipinski definition) is 0. The lowest BCUT2D eigenvalue weighted by Gasteiger charge is -2.28. The molecule has 8 aromatic rings. The lowest BCUT2D eigenvalue weighted by molar-refractivity contribution is -0.138. The highest BCUT2D eigenvalue weighted by Gasteiger charge is 2.33. The zero-order chi connectivity index (χ0) is 97.3. The maximum Gasteiger partial charge on any atom is 0.416 e. The number of carbonyl (C=O) groups is 2. The van der Waals surface area contributed by atoms with Crippen LogP contribution in [0.5, 0.6) is 0 Å². The molecule has 95 heavy (non-hydrogen) atoms. The Morgan fingerprint density at radius 1 is 0.568 bits per heavy atom. The van der Waals surface area contributed by atoms with Gasteiger partial charge in [0.2, 0.25) is 11.8 Å². The standard InChI is InChI=1S/C37H40F4N4O2S.C36H38F4N4O2S/c1-4-43(5-2)19-20-44(22-26-9-13-28(14-10-26)29-15-18-32(25(3)21-29)37(39,40)41)34(46)23-45-33-8-6-7-31(33)35(47)42-36(45)48-24-27-11-16-30(38)17-12-27;1-3-42(4-2)20-21-43(22-25-8-12-27(13-9-25)28-14-16-29(17-15-28)36(38,39)40)33(45)23-44-32-7-5-6-31(32)34(46)41-35(44)47-24-26-10-18-30(37)19-11-26/h9-18,21H,4-8,19-20,22-24H2,1-3H3;8-19H,3-7,20-24H2,1-2H3/i4D2,5D2,6D2,7D2,8D2,9D,10D,11D,12D,13D,14D,15D,16D,17D,18D,21D,23D2,24D2;3D2,21D2,23D2,24D2. The molecule has 0 radical (unpaired) electrons. The first-order valence-corrected chi connectivity index (χ1v) is 30.2. The fourth-order valence-electron chi connectivity index (χ4n) is 9.16. The number of likely N-dealkylation sites (N-methyl/N-ethyl adjacent to an activating group) is 2. The van der Waals surface area contributed by atoms with Gasteiger partial charge in [0.05, 0.1) is 34.4 Å². The summed E-state index contributed by atoms with van der Waals surface area (Å²) in [5.41, 5.74) is -17.9. The maximum absolute atomic E-state index is 15.2. The Hall–Kier alpha value is -7.92. The smallest absolute Gasteiger partial charge is 0.336 e. The Bertz CT molecular complexity index is 5700. The number of nitrogens with zero attached hydrogens (tertiary/aromatic N) is 8. The summed E-state index contributed by atoms with van der Waals surface area (Å²) in [6.45, 7) is -16.8. The molecule has 0 N–H and O–H groups in total.